The maximum absolute atomic E-state index is 11.9. The molecule has 6 heteroatoms. The number of rotatable bonds is 8. The van der Waals surface area contributed by atoms with Crippen molar-refractivity contribution in [2.24, 2.45) is 0 Å². The zero-order valence-corrected chi connectivity index (χ0v) is 13.6. The van der Waals surface area contributed by atoms with Crippen molar-refractivity contribution >= 4 is 23.2 Å². The van der Waals surface area contributed by atoms with E-state index in [2.05, 4.69) is 15.6 Å². The highest BCUT2D eigenvalue weighted by Crippen LogP contribution is 2.18. The molecule has 0 aliphatic rings. The average molecular weight is 314 g/mol. The first-order valence-electron chi connectivity index (χ1n) is 7.26. The molecule has 0 fully saturated rings. The summed E-state index contributed by atoms with van der Waals surface area (Å²) in [4.78, 5) is 15.8. The minimum Gasteiger partial charge on any atom is -0.389 e. The van der Waals surface area contributed by atoms with Gasteiger partial charge in [0, 0.05) is 25.2 Å². The van der Waals surface area contributed by atoms with Crippen molar-refractivity contribution in [2.45, 2.75) is 51.7 Å². The number of nitrogens with one attached hydrogen (secondary N) is 2. The summed E-state index contributed by atoms with van der Waals surface area (Å²) in [7, 11) is 0. The number of carbonyl (C=O) groups is 1. The van der Waals surface area contributed by atoms with Crippen LogP contribution in [0.4, 0.5) is 5.69 Å². The second kappa shape index (κ2) is 8.32. The van der Waals surface area contributed by atoms with E-state index in [4.69, 9.17) is 11.6 Å². The van der Waals surface area contributed by atoms with Crippen LogP contribution in [0.3, 0.4) is 0 Å². The molecule has 0 saturated carbocycles. The zero-order chi connectivity index (χ0) is 15.9. The predicted octanol–water partition coefficient (Wildman–Crippen LogP) is 2.59. The van der Waals surface area contributed by atoms with Gasteiger partial charge in [-0.3, -0.25) is 4.79 Å². The monoisotopic (exact) mass is 313 g/mol. The molecule has 0 spiro atoms. The Balaban J connectivity index is 2.43. The van der Waals surface area contributed by atoms with Gasteiger partial charge in [0.15, 0.2) is 5.15 Å². The smallest absolute Gasteiger partial charge is 0.226 e. The van der Waals surface area contributed by atoms with Crippen molar-refractivity contribution < 1.29 is 9.90 Å². The largest absolute Gasteiger partial charge is 0.389 e. The number of amides is 1. The molecule has 1 aromatic rings. The summed E-state index contributed by atoms with van der Waals surface area (Å²) < 4.78 is 0. The maximum Gasteiger partial charge on any atom is 0.226 e. The lowest BCUT2D eigenvalue weighted by molar-refractivity contribution is -0.116. The molecule has 1 atom stereocenters. The first-order chi connectivity index (χ1) is 9.90. The molecule has 0 aliphatic heterocycles. The average Bonchev–Trinajstić information content (AvgIpc) is 2.47. The Bertz CT molecular complexity index is 464. The van der Waals surface area contributed by atoms with Crippen molar-refractivity contribution in [3.05, 3.63) is 23.5 Å². The van der Waals surface area contributed by atoms with Gasteiger partial charge in [0.25, 0.3) is 0 Å². The third kappa shape index (κ3) is 5.99. The number of aromatic nitrogens is 1. The molecule has 1 amide bonds. The number of hydrogen-bond donors (Lipinski definition) is 3. The first kappa shape index (κ1) is 17.9. The van der Waals surface area contributed by atoms with Crippen LogP contribution in [0.25, 0.3) is 0 Å². The van der Waals surface area contributed by atoms with E-state index < -0.39 is 5.60 Å². The second-order valence-corrected chi connectivity index (χ2v) is 5.67. The van der Waals surface area contributed by atoms with Gasteiger partial charge in [0.1, 0.15) is 0 Å². The number of aliphatic hydroxyl groups is 1. The highest BCUT2D eigenvalue weighted by atomic mass is 35.5. The van der Waals surface area contributed by atoms with Crippen LogP contribution in [0.1, 0.15) is 40.0 Å². The summed E-state index contributed by atoms with van der Waals surface area (Å²) >= 11 is 5.89. The Morgan fingerprint density at radius 3 is 2.71 bits per heavy atom. The van der Waals surface area contributed by atoms with E-state index in [9.17, 15) is 9.90 Å². The fraction of sp³-hybridized carbons (Fsp3) is 0.600. The molecule has 1 heterocycles. The Hall–Kier alpha value is -1.17. The topological polar surface area (TPSA) is 74.2 Å². The zero-order valence-electron chi connectivity index (χ0n) is 12.8. The number of anilines is 1. The molecule has 0 radical (unpaired) electrons. The van der Waals surface area contributed by atoms with E-state index in [0.717, 1.165) is 0 Å². The minimum atomic E-state index is -0.711. The molecular weight excluding hydrogens is 290 g/mol. The normalized spacial score (nSPS) is 13.0. The van der Waals surface area contributed by atoms with Gasteiger partial charge in [-0.15, -0.1) is 0 Å². The van der Waals surface area contributed by atoms with Gasteiger partial charge in [0.05, 0.1) is 11.3 Å². The summed E-state index contributed by atoms with van der Waals surface area (Å²) in [5, 5.41) is 16.4. The lowest BCUT2D eigenvalue weighted by Crippen LogP contribution is -2.43. The highest BCUT2D eigenvalue weighted by molar-refractivity contribution is 6.32. The molecule has 0 saturated heterocycles. The molecule has 0 aliphatic carbocycles. The number of carbonyl (C=O) groups excluding carboxylic acids is 1. The van der Waals surface area contributed by atoms with E-state index in [1.54, 1.807) is 18.3 Å². The predicted molar refractivity (Wildman–Crippen MR) is 85.5 cm³/mol. The van der Waals surface area contributed by atoms with Crippen molar-refractivity contribution in [3.63, 3.8) is 0 Å². The second-order valence-electron chi connectivity index (χ2n) is 5.31. The van der Waals surface area contributed by atoms with Crippen LogP contribution in [0, 0.1) is 0 Å². The minimum absolute atomic E-state index is 0.0370. The Morgan fingerprint density at radius 2 is 2.14 bits per heavy atom. The SMILES string of the molecule is CCC(O)(CC)CNC(C)CC(=O)Nc1cccnc1Cl. The molecule has 0 aromatic carbocycles. The van der Waals surface area contributed by atoms with Crippen LogP contribution in [-0.2, 0) is 4.79 Å². The van der Waals surface area contributed by atoms with Crippen LogP contribution in [0.2, 0.25) is 5.15 Å². The van der Waals surface area contributed by atoms with Gasteiger partial charge in [-0.1, -0.05) is 25.4 Å². The highest BCUT2D eigenvalue weighted by Gasteiger charge is 2.22. The number of halogens is 1. The number of pyridine rings is 1. The first-order valence-corrected chi connectivity index (χ1v) is 7.64. The number of hydrogen-bond acceptors (Lipinski definition) is 4. The molecule has 21 heavy (non-hydrogen) atoms. The van der Waals surface area contributed by atoms with E-state index in [1.165, 1.54) is 0 Å². The molecule has 118 valence electrons. The fourth-order valence-corrected chi connectivity index (χ4v) is 2.06. The summed E-state index contributed by atoms with van der Waals surface area (Å²) in [5.74, 6) is -0.138. The lowest BCUT2D eigenvalue weighted by atomic mass is 9.97. The number of nitrogens with zero attached hydrogens (tertiary/aromatic N) is 1. The van der Waals surface area contributed by atoms with E-state index in [1.807, 2.05) is 20.8 Å². The van der Waals surface area contributed by atoms with E-state index in [-0.39, 0.29) is 17.1 Å². The molecule has 3 N–H and O–H groups in total. The van der Waals surface area contributed by atoms with Gasteiger partial charge >= 0.3 is 0 Å². The van der Waals surface area contributed by atoms with Crippen molar-refractivity contribution in [1.29, 1.82) is 0 Å². The third-order valence-electron chi connectivity index (χ3n) is 3.62. The van der Waals surface area contributed by atoms with Crippen LogP contribution in [0.5, 0.6) is 0 Å². The summed E-state index contributed by atoms with van der Waals surface area (Å²) in [5.41, 5.74) is -0.202. The molecule has 5 nitrogen and oxygen atoms in total. The Labute approximate surface area is 131 Å². The molecule has 1 rings (SSSR count). The van der Waals surface area contributed by atoms with E-state index >= 15 is 0 Å². The molecule has 1 aromatic heterocycles. The fourth-order valence-electron chi connectivity index (χ4n) is 1.89. The maximum atomic E-state index is 11.9. The summed E-state index contributed by atoms with van der Waals surface area (Å²) in [6.45, 7) is 6.29. The van der Waals surface area contributed by atoms with Crippen LogP contribution in [0.15, 0.2) is 18.3 Å². The van der Waals surface area contributed by atoms with Crippen molar-refractivity contribution in [3.8, 4) is 0 Å². The van der Waals surface area contributed by atoms with Crippen molar-refractivity contribution in [1.82, 2.24) is 10.3 Å². The van der Waals surface area contributed by atoms with Gasteiger partial charge in [-0.05, 0) is 31.9 Å². The van der Waals surface area contributed by atoms with Crippen LogP contribution < -0.4 is 10.6 Å². The van der Waals surface area contributed by atoms with Gasteiger partial charge in [-0.2, -0.15) is 0 Å². The molecular formula is C15H24ClN3O2. The Kier molecular flexibility index (Phi) is 7.08. The summed E-state index contributed by atoms with van der Waals surface area (Å²) in [6, 6.07) is 3.38. The third-order valence-corrected chi connectivity index (χ3v) is 3.92. The van der Waals surface area contributed by atoms with Gasteiger partial charge in [-0.25, -0.2) is 4.98 Å². The van der Waals surface area contributed by atoms with Gasteiger partial charge < -0.3 is 15.7 Å². The lowest BCUT2D eigenvalue weighted by Gasteiger charge is -2.27. The van der Waals surface area contributed by atoms with Gasteiger partial charge in [0.2, 0.25) is 5.91 Å². The van der Waals surface area contributed by atoms with Crippen LogP contribution in [-0.4, -0.2) is 34.2 Å². The Morgan fingerprint density at radius 1 is 1.48 bits per heavy atom. The quantitative estimate of drug-likeness (QED) is 0.645. The molecule has 1 unspecified atom stereocenters. The van der Waals surface area contributed by atoms with Crippen molar-refractivity contribution in [2.75, 3.05) is 11.9 Å². The van der Waals surface area contributed by atoms with Crippen LogP contribution >= 0.6 is 11.6 Å². The summed E-state index contributed by atoms with van der Waals surface area (Å²) in [6.07, 6.45) is 3.23. The molecule has 0 bridgehead atoms. The van der Waals surface area contributed by atoms with E-state index in [0.29, 0.717) is 31.5 Å². The standard InChI is InChI=1S/C15H24ClN3O2/c1-4-15(21,5-2)10-18-11(3)9-13(20)19-12-7-6-8-17-14(12)16/h6-8,11,18,21H,4-5,9-10H2,1-3H3,(H,19,20).